The van der Waals surface area contributed by atoms with Gasteiger partial charge >= 0.3 is 0 Å². The zero-order valence-electron chi connectivity index (χ0n) is 11.7. The summed E-state index contributed by atoms with van der Waals surface area (Å²) in [4.78, 5) is 15.4. The molecule has 0 fully saturated rings. The first kappa shape index (κ1) is 13.6. The number of fused-ring (bicyclic) bond motifs is 1. The smallest absolute Gasteiger partial charge is 0.227 e. The lowest BCUT2D eigenvalue weighted by Gasteiger charge is -2.27. The fourth-order valence-corrected chi connectivity index (χ4v) is 2.33. The van der Waals surface area contributed by atoms with Gasteiger partial charge in [0.15, 0.2) is 0 Å². The van der Waals surface area contributed by atoms with Crippen molar-refractivity contribution in [1.29, 1.82) is 5.26 Å². The minimum absolute atomic E-state index is 0.0970. The third-order valence-corrected chi connectivity index (χ3v) is 3.77. The molecule has 4 nitrogen and oxygen atoms in total. The number of hydrogen-bond acceptors (Lipinski definition) is 3. The summed E-state index contributed by atoms with van der Waals surface area (Å²) < 4.78 is 0. The number of aryl methyl sites for hydroxylation is 1. The van der Waals surface area contributed by atoms with E-state index in [-0.39, 0.29) is 11.9 Å². The van der Waals surface area contributed by atoms with Crippen molar-refractivity contribution in [3.63, 3.8) is 0 Å². The van der Waals surface area contributed by atoms with Gasteiger partial charge in [-0.15, -0.1) is 0 Å². The Morgan fingerprint density at radius 2 is 2.21 bits per heavy atom. The topological polar surface area (TPSA) is 47.3 Å². The molecular formula is C15H19N3O. The largest absolute Gasteiger partial charge is 0.315 e. The standard InChI is InChI=1S/C15H19N3O/c1-11(9-16)17(2)10-12-4-6-14-13(8-12)5-7-15(19)18(14)3/h4,6,8,11H,5,7,10H2,1-3H3. The highest BCUT2D eigenvalue weighted by molar-refractivity contribution is 5.95. The van der Waals surface area contributed by atoms with E-state index in [2.05, 4.69) is 12.1 Å². The number of nitrogens with zero attached hydrogens (tertiary/aromatic N) is 3. The van der Waals surface area contributed by atoms with Gasteiger partial charge in [0, 0.05) is 25.7 Å². The Hall–Kier alpha value is -1.86. The Kier molecular flexibility index (Phi) is 3.87. The molecule has 100 valence electrons. The van der Waals surface area contributed by atoms with E-state index in [1.165, 1.54) is 11.1 Å². The van der Waals surface area contributed by atoms with E-state index in [0.29, 0.717) is 6.42 Å². The fourth-order valence-electron chi connectivity index (χ4n) is 2.33. The summed E-state index contributed by atoms with van der Waals surface area (Å²) >= 11 is 0. The molecule has 0 saturated carbocycles. The number of rotatable bonds is 3. The van der Waals surface area contributed by atoms with Crippen molar-refractivity contribution in [2.75, 3.05) is 19.0 Å². The summed E-state index contributed by atoms with van der Waals surface area (Å²) in [6.45, 7) is 2.64. The fraction of sp³-hybridized carbons (Fsp3) is 0.467. The van der Waals surface area contributed by atoms with E-state index in [1.54, 1.807) is 4.90 Å². The molecule has 1 unspecified atom stereocenters. The van der Waals surface area contributed by atoms with Gasteiger partial charge in [-0.1, -0.05) is 12.1 Å². The highest BCUT2D eigenvalue weighted by Gasteiger charge is 2.21. The molecule has 1 aliphatic heterocycles. The predicted octanol–water partition coefficient (Wildman–Crippen LogP) is 1.94. The van der Waals surface area contributed by atoms with E-state index in [9.17, 15) is 4.79 Å². The molecule has 0 N–H and O–H groups in total. The highest BCUT2D eigenvalue weighted by atomic mass is 16.2. The summed E-state index contributed by atoms with van der Waals surface area (Å²) in [6.07, 6.45) is 1.39. The predicted molar refractivity (Wildman–Crippen MR) is 74.7 cm³/mol. The molecule has 0 saturated heterocycles. The van der Waals surface area contributed by atoms with E-state index in [1.807, 2.05) is 38.1 Å². The first-order chi connectivity index (χ1) is 9.02. The van der Waals surface area contributed by atoms with Crippen LogP contribution in [0.3, 0.4) is 0 Å². The molecule has 0 spiro atoms. The molecule has 1 aliphatic rings. The molecule has 2 rings (SSSR count). The third-order valence-electron chi connectivity index (χ3n) is 3.77. The normalized spacial score (nSPS) is 16.2. The lowest BCUT2D eigenvalue weighted by molar-refractivity contribution is -0.118. The Balaban J connectivity index is 2.18. The number of anilines is 1. The van der Waals surface area contributed by atoms with Crippen molar-refractivity contribution in [2.45, 2.75) is 32.4 Å². The Bertz CT molecular complexity index is 533. The average molecular weight is 257 g/mol. The maximum atomic E-state index is 11.6. The molecule has 1 atom stereocenters. The number of hydrogen-bond donors (Lipinski definition) is 0. The van der Waals surface area contributed by atoms with Crippen LogP contribution in [0.1, 0.15) is 24.5 Å². The molecule has 1 amide bonds. The van der Waals surface area contributed by atoms with Crippen LogP contribution in [0.15, 0.2) is 18.2 Å². The average Bonchev–Trinajstić information content (AvgIpc) is 2.42. The van der Waals surface area contributed by atoms with Crippen molar-refractivity contribution in [2.24, 2.45) is 0 Å². The highest BCUT2D eigenvalue weighted by Crippen LogP contribution is 2.27. The minimum atomic E-state index is -0.0970. The summed E-state index contributed by atoms with van der Waals surface area (Å²) in [5.74, 6) is 0.176. The van der Waals surface area contributed by atoms with Crippen LogP contribution in [-0.2, 0) is 17.8 Å². The number of carbonyl (C=O) groups excluding carboxylic acids is 1. The second-order valence-corrected chi connectivity index (χ2v) is 5.14. The van der Waals surface area contributed by atoms with Crippen LogP contribution in [0.2, 0.25) is 0 Å². The Morgan fingerprint density at radius 3 is 2.89 bits per heavy atom. The van der Waals surface area contributed by atoms with E-state index < -0.39 is 0 Å². The van der Waals surface area contributed by atoms with Crippen LogP contribution in [0.25, 0.3) is 0 Å². The molecule has 0 bridgehead atoms. The lowest BCUT2D eigenvalue weighted by atomic mass is 9.99. The van der Waals surface area contributed by atoms with Gasteiger partial charge in [0.25, 0.3) is 0 Å². The van der Waals surface area contributed by atoms with Gasteiger partial charge in [-0.25, -0.2) is 0 Å². The quantitative estimate of drug-likeness (QED) is 0.831. The molecule has 1 aromatic rings. The first-order valence-electron chi connectivity index (χ1n) is 6.51. The Labute approximate surface area is 114 Å². The second kappa shape index (κ2) is 5.41. The van der Waals surface area contributed by atoms with Gasteiger partial charge in [-0.3, -0.25) is 9.69 Å². The van der Waals surface area contributed by atoms with Crippen LogP contribution >= 0.6 is 0 Å². The molecule has 19 heavy (non-hydrogen) atoms. The van der Waals surface area contributed by atoms with Gasteiger partial charge < -0.3 is 4.90 Å². The van der Waals surface area contributed by atoms with Gasteiger partial charge in [0.1, 0.15) is 0 Å². The van der Waals surface area contributed by atoms with Crippen LogP contribution in [-0.4, -0.2) is 30.9 Å². The lowest BCUT2D eigenvalue weighted by Crippen LogP contribution is -2.31. The molecule has 1 aromatic carbocycles. The van der Waals surface area contributed by atoms with Crippen molar-refractivity contribution >= 4 is 11.6 Å². The van der Waals surface area contributed by atoms with Crippen LogP contribution in [0.5, 0.6) is 0 Å². The molecule has 0 aliphatic carbocycles. The Morgan fingerprint density at radius 1 is 1.47 bits per heavy atom. The molecule has 0 aromatic heterocycles. The molecule has 0 radical (unpaired) electrons. The van der Waals surface area contributed by atoms with Crippen molar-refractivity contribution in [1.82, 2.24) is 4.90 Å². The SMILES string of the molecule is CC(C#N)N(C)Cc1ccc2c(c1)CCC(=O)N2C. The summed E-state index contributed by atoms with van der Waals surface area (Å²) in [5.41, 5.74) is 3.42. The van der Waals surface area contributed by atoms with Crippen LogP contribution < -0.4 is 4.90 Å². The number of amides is 1. The van der Waals surface area contributed by atoms with E-state index >= 15 is 0 Å². The molecule has 1 heterocycles. The summed E-state index contributed by atoms with van der Waals surface area (Å²) in [7, 11) is 3.77. The zero-order chi connectivity index (χ0) is 14.0. The minimum Gasteiger partial charge on any atom is -0.315 e. The van der Waals surface area contributed by atoms with Gasteiger partial charge in [-0.2, -0.15) is 5.26 Å². The second-order valence-electron chi connectivity index (χ2n) is 5.14. The van der Waals surface area contributed by atoms with E-state index in [0.717, 1.165) is 18.7 Å². The van der Waals surface area contributed by atoms with Gasteiger partial charge in [0.05, 0.1) is 12.1 Å². The zero-order valence-corrected chi connectivity index (χ0v) is 11.7. The maximum absolute atomic E-state index is 11.6. The summed E-state index contributed by atoms with van der Waals surface area (Å²) in [5, 5.41) is 8.90. The van der Waals surface area contributed by atoms with Gasteiger partial charge in [-0.05, 0) is 37.6 Å². The van der Waals surface area contributed by atoms with Crippen LogP contribution in [0, 0.1) is 11.3 Å². The number of benzene rings is 1. The molecular weight excluding hydrogens is 238 g/mol. The monoisotopic (exact) mass is 257 g/mol. The third kappa shape index (κ3) is 2.77. The summed E-state index contributed by atoms with van der Waals surface area (Å²) in [6, 6.07) is 8.33. The van der Waals surface area contributed by atoms with Crippen LogP contribution in [0.4, 0.5) is 5.69 Å². The first-order valence-corrected chi connectivity index (χ1v) is 6.51. The number of carbonyl (C=O) groups is 1. The van der Waals surface area contributed by atoms with Crippen molar-refractivity contribution < 1.29 is 4.79 Å². The van der Waals surface area contributed by atoms with E-state index in [4.69, 9.17) is 5.26 Å². The van der Waals surface area contributed by atoms with Gasteiger partial charge in [0.2, 0.25) is 5.91 Å². The molecule has 4 heteroatoms. The number of nitriles is 1. The maximum Gasteiger partial charge on any atom is 0.227 e. The van der Waals surface area contributed by atoms with Crippen molar-refractivity contribution in [3.05, 3.63) is 29.3 Å². The van der Waals surface area contributed by atoms with Crippen molar-refractivity contribution in [3.8, 4) is 6.07 Å².